The average molecular weight is 311 g/mol. The zero-order valence-corrected chi connectivity index (χ0v) is 13.0. The molecule has 1 radical (unpaired) electrons. The minimum Gasteiger partial charge on any atom is -0.390 e. The van der Waals surface area contributed by atoms with Crippen molar-refractivity contribution in [2.45, 2.75) is 6.61 Å². The highest BCUT2D eigenvalue weighted by Gasteiger charge is 2.00. The molecule has 0 aromatic heterocycles. The fourth-order valence-corrected chi connectivity index (χ4v) is 2.34. The maximum Gasteiger partial charge on any atom is 0.142 e. The quantitative estimate of drug-likeness (QED) is 0.508. The smallest absolute Gasteiger partial charge is 0.142 e. The van der Waals surface area contributed by atoms with Crippen molar-refractivity contribution in [2.75, 3.05) is 0 Å². The van der Waals surface area contributed by atoms with Crippen LogP contribution in [-0.4, -0.2) is 6.21 Å². The molecule has 0 saturated carbocycles. The Morgan fingerprint density at radius 1 is 0.792 bits per heavy atom. The van der Waals surface area contributed by atoms with E-state index in [-0.39, 0.29) is 0 Å². The normalized spacial score (nSPS) is 10.5. The Labute approximate surface area is 141 Å². The van der Waals surface area contributed by atoms with E-state index in [0.717, 1.165) is 16.7 Å². The van der Waals surface area contributed by atoms with Crippen LogP contribution in [0.2, 0.25) is 0 Å². The Kier molecular flexibility index (Phi) is 5.01. The van der Waals surface area contributed by atoms with Gasteiger partial charge in [0.15, 0.2) is 0 Å². The standard InChI is InChI=1S/C21H15N2O/c22-14-20-10-4-5-11-21(20)15-23-24-16-17-7-6-12-19(13-17)18-8-2-1-3-9-18/h1-13H,16H2. The minimum atomic E-state index is 0.350. The first-order valence-corrected chi connectivity index (χ1v) is 7.58. The van der Waals surface area contributed by atoms with Gasteiger partial charge in [-0.2, -0.15) is 5.26 Å². The third kappa shape index (κ3) is 3.88. The Balaban J connectivity index is 1.65. The maximum atomic E-state index is 9.02. The van der Waals surface area contributed by atoms with E-state index in [1.54, 1.807) is 18.2 Å². The van der Waals surface area contributed by atoms with Gasteiger partial charge in [0.05, 0.1) is 11.6 Å². The van der Waals surface area contributed by atoms with Gasteiger partial charge in [0.1, 0.15) is 12.8 Å². The fourth-order valence-electron chi connectivity index (χ4n) is 2.34. The Bertz CT molecular complexity index is 880. The van der Waals surface area contributed by atoms with Gasteiger partial charge in [0.2, 0.25) is 0 Å². The number of benzene rings is 3. The molecule has 0 unspecified atom stereocenters. The summed E-state index contributed by atoms with van der Waals surface area (Å²) in [6.07, 6.45) is 2.76. The van der Waals surface area contributed by atoms with Crippen LogP contribution in [0.25, 0.3) is 11.1 Å². The van der Waals surface area contributed by atoms with Crippen LogP contribution in [0.3, 0.4) is 0 Å². The lowest BCUT2D eigenvalue weighted by atomic mass is 10.0. The van der Waals surface area contributed by atoms with Crippen LogP contribution in [0.15, 0.2) is 84.0 Å². The van der Waals surface area contributed by atoms with E-state index in [0.29, 0.717) is 17.7 Å². The van der Waals surface area contributed by atoms with E-state index in [4.69, 9.17) is 10.1 Å². The summed E-state index contributed by atoms with van der Waals surface area (Å²) >= 11 is 0. The van der Waals surface area contributed by atoms with Crippen molar-refractivity contribution < 1.29 is 4.84 Å². The van der Waals surface area contributed by atoms with Crippen LogP contribution in [-0.2, 0) is 11.4 Å². The topological polar surface area (TPSA) is 45.4 Å². The third-order valence-corrected chi connectivity index (χ3v) is 3.54. The second kappa shape index (κ2) is 7.75. The SMILES string of the molecule is N#Cc1ccccc1/[C]=N\OCc1cccc(-c2ccccc2)c1. The van der Waals surface area contributed by atoms with Crippen LogP contribution >= 0.6 is 0 Å². The van der Waals surface area contributed by atoms with Gasteiger partial charge in [-0.05, 0) is 28.8 Å². The lowest BCUT2D eigenvalue weighted by Crippen LogP contribution is -1.91. The molecule has 0 aliphatic heterocycles. The molecule has 24 heavy (non-hydrogen) atoms. The summed E-state index contributed by atoms with van der Waals surface area (Å²) in [7, 11) is 0. The minimum absolute atomic E-state index is 0.350. The molecule has 3 aromatic carbocycles. The molecule has 3 rings (SSSR count). The lowest BCUT2D eigenvalue weighted by molar-refractivity contribution is 0.132. The molecule has 0 amide bonds. The number of nitriles is 1. The van der Waals surface area contributed by atoms with Crippen molar-refractivity contribution in [3.8, 4) is 17.2 Å². The van der Waals surface area contributed by atoms with Crippen molar-refractivity contribution >= 4 is 6.21 Å². The highest BCUT2D eigenvalue weighted by atomic mass is 16.6. The zero-order chi connectivity index (χ0) is 16.6. The summed E-state index contributed by atoms with van der Waals surface area (Å²) in [6.45, 7) is 0.350. The summed E-state index contributed by atoms with van der Waals surface area (Å²) in [5, 5.41) is 12.9. The van der Waals surface area contributed by atoms with Crippen LogP contribution < -0.4 is 0 Å². The van der Waals surface area contributed by atoms with E-state index in [1.165, 1.54) is 0 Å². The predicted molar refractivity (Wildman–Crippen MR) is 94.4 cm³/mol. The fraction of sp³-hybridized carbons (Fsp3) is 0.0476. The predicted octanol–water partition coefficient (Wildman–Crippen LogP) is 4.65. The van der Waals surface area contributed by atoms with Crippen molar-refractivity contribution in [1.82, 2.24) is 0 Å². The van der Waals surface area contributed by atoms with Gasteiger partial charge < -0.3 is 4.84 Å². The number of rotatable bonds is 5. The third-order valence-electron chi connectivity index (χ3n) is 3.54. The largest absolute Gasteiger partial charge is 0.390 e. The number of hydrogen-bond donors (Lipinski definition) is 0. The summed E-state index contributed by atoms with van der Waals surface area (Å²) in [6, 6.07) is 27.6. The molecular weight excluding hydrogens is 296 g/mol. The van der Waals surface area contributed by atoms with Crippen molar-refractivity contribution in [1.29, 1.82) is 5.26 Å². The number of hydrogen-bond acceptors (Lipinski definition) is 3. The summed E-state index contributed by atoms with van der Waals surface area (Å²) in [4.78, 5) is 5.32. The zero-order valence-electron chi connectivity index (χ0n) is 13.0. The average Bonchev–Trinajstić information content (AvgIpc) is 2.66. The molecule has 0 spiro atoms. The first-order valence-electron chi connectivity index (χ1n) is 7.58. The summed E-state index contributed by atoms with van der Waals surface area (Å²) in [5.74, 6) is 0. The van der Waals surface area contributed by atoms with E-state index < -0.39 is 0 Å². The molecular formula is C21H15N2O. The van der Waals surface area contributed by atoms with Gasteiger partial charge in [-0.15, -0.1) is 0 Å². The molecule has 0 atom stereocenters. The van der Waals surface area contributed by atoms with Gasteiger partial charge in [-0.25, -0.2) is 0 Å². The Hall–Kier alpha value is -3.38. The molecule has 3 aromatic rings. The molecule has 0 bridgehead atoms. The van der Waals surface area contributed by atoms with Crippen LogP contribution in [0.4, 0.5) is 0 Å². The van der Waals surface area contributed by atoms with Gasteiger partial charge >= 0.3 is 0 Å². The van der Waals surface area contributed by atoms with Crippen molar-refractivity contribution in [3.63, 3.8) is 0 Å². The van der Waals surface area contributed by atoms with Gasteiger partial charge in [-0.3, -0.25) is 0 Å². The molecule has 3 heteroatoms. The van der Waals surface area contributed by atoms with E-state index in [2.05, 4.69) is 41.7 Å². The summed E-state index contributed by atoms with van der Waals surface area (Å²) in [5.41, 5.74) is 4.47. The van der Waals surface area contributed by atoms with Crippen LogP contribution in [0.1, 0.15) is 16.7 Å². The highest BCUT2D eigenvalue weighted by Crippen LogP contribution is 2.20. The first kappa shape index (κ1) is 15.5. The Morgan fingerprint density at radius 2 is 1.50 bits per heavy atom. The van der Waals surface area contributed by atoms with Gasteiger partial charge in [-0.1, -0.05) is 71.9 Å². The van der Waals surface area contributed by atoms with Gasteiger partial charge in [0, 0.05) is 5.56 Å². The molecule has 0 heterocycles. The second-order valence-corrected chi connectivity index (χ2v) is 5.20. The Morgan fingerprint density at radius 3 is 2.29 bits per heavy atom. The lowest BCUT2D eigenvalue weighted by Gasteiger charge is -2.04. The summed E-state index contributed by atoms with van der Waals surface area (Å²) < 4.78 is 0. The van der Waals surface area contributed by atoms with E-state index in [1.807, 2.05) is 36.4 Å². The highest BCUT2D eigenvalue weighted by molar-refractivity contribution is 5.82. The number of nitrogens with zero attached hydrogens (tertiary/aromatic N) is 2. The van der Waals surface area contributed by atoms with E-state index in [9.17, 15) is 0 Å². The molecule has 0 aliphatic carbocycles. The molecule has 0 aliphatic rings. The van der Waals surface area contributed by atoms with E-state index >= 15 is 0 Å². The monoisotopic (exact) mass is 311 g/mol. The second-order valence-electron chi connectivity index (χ2n) is 5.20. The molecule has 3 nitrogen and oxygen atoms in total. The molecule has 0 saturated heterocycles. The van der Waals surface area contributed by atoms with Gasteiger partial charge in [0.25, 0.3) is 0 Å². The first-order chi connectivity index (χ1) is 11.9. The maximum absolute atomic E-state index is 9.02. The van der Waals surface area contributed by atoms with Crippen molar-refractivity contribution in [3.05, 3.63) is 95.6 Å². The molecule has 0 N–H and O–H groups in total. The molecule has 0 fully saturated rings. The van der Waals surface area contributed by atoms with Crippen molar-refractivity contribution in [2.24, 2.45) is 5.16 Å². The van der Waals surface area contributed by atoms with Crippen LogP contribution in [0.5, 0.6) is 0 Å². The van der Waals surface area contributed by atoms with Crippen LogP contribution in [0, 0.1) is 11.3 Å². The molecule has 115 valence electrons.